The molecule has 0 aliphatic carbocycles. The minimum absolute atomic E-state index is 0.0991. The number of carbonyl (C=O) groups excluding carboxylic acids is 3. The van der Waals surface area contributed by atoms with E-state index in [1.165, 1.54) is 38.1 Å². The molecular weight excluding hydrogens is 364 g/mol. The van der Waals surface area contributed by atoms with E-state index in [4.69, 9.17) is 4.74 Å². The van der Waals surface area contributed by atoms with E-state index in [-0.39, 0.29) is 17.2 Å². The number of H-pyrrole nitrogens is 1. The number of benzene rings is 1. The smallest absolute Gasteiger partial charge is 0.331 e. The predicted molar refractivity (Wildman–Crippen MR) is 102 cm³/mol. The molecule has 0 saturated carbocycles. The lowest BCUT2D eigenvalue weighted by molar-refractivity contribution is -0.384. The van der Waals surface area contributed by atoms with Crippen LogP contribution in [0, 0.1) is 24.0 Å². The van der Waals surface area contributed by atoms with Crippen LogP contribution in [-0.2, 0) is 9.53 Å². The zero-order valence-electron chi connectivity index (χ0n) is 15.9. The summed E-state index contributed by atoms with van der Waals surface area (Å²) >= 11 is 0. The Morgan fingerprint density at radius 2 is 1.93 bits per heavy atom. The number of ether oxygens (including phenoxy) is 1. The molecule has 2 rings (SSSR count). The van der Waals surface area contributed by atoms with Crippen LogP contribution >= 0.6 is 0 Å². The number of carbonyl (C=O) groups is 3. The van der Waals surface area contributed by atoms with Gasteiger partial charge in [0, 0.05) is 29.5 Å². The Morgan fingerprint density at radius 3 is 2.50 bits per heavy atom. The Bertz CT molecular complexity index is 987. The molecule has 1 N–H and O–H groups in total. The molecule has 0 fully saturated rings. The van der Waals surface area contributed by atoms with Crippen molar-refractivity contribution in [3.05, 3.63) is 68.5 Å². The minimum atomic E-state index is -1.07. The van der Waals surface area contributed by atoms with Gasteiger partial charge in [-0.25, -0.2) is 4.79 Å². The summed E-state index contributed by atoms with van der Waals surface area (Å²) in [6, 6.07) is 5.75. The van der Waals surface area contributed by atoms with Crippen LogP contribution in [0.25, 0.3) is 6.08 Å². The molecule has 1 aromatic heterocycles. The molecule has 28 heavy (non-hydrogen) atoms. The van der Waals surface area contributed by atoms with Gasteiger partial charge in [0.2, 0.25) is 5.78 Å². The van der Waals surface area contributed by atoms with Gasteiger partial charge in [-0.2, -0.15) is 0 Å². The second kappa shape index (κ2) is 8.43. The lowest BCUT2D eigenvalue weighted by Gasteiger charge is -2.10. The maximum atomic E-state index is 12.6. The summed E-state index contributed by atoms with van der Waals surface area (Å²) in [6.07, 6.45) is 1.39. The van der Waals surface area contributed by atoms with Crippen LogP contribution in [-0.4, -0.2) is 33.5 Å². The average Bonchev–Trinajstić information content (AvgIpc) is 2.93. The number of nitrogens with one attached hydrogen (secondary N) is 1. The van der Waals surface area contributed by atoms with Gasteiger partial charge in [-0.3, -0.25) is 19.7 Å². The van der Waals surface area contributed by atoms with Crippen molar-refractivity contribution in [1.29, 1.82) is 0 Å². The van der Waals surface area contributed by atoms with E-state index < -0.39 is 22.8 Å². The van der Waals surface area contributed by atoms with Crippen LogP contribution in [0.15, 0.2) is 30.3 Å². The van der Waals surface area contributed by atoms with E-state index in [1.807, 2.05) is 0 Å². The van der Waals surface area contributed by atoms with Gasteiger partial charge in [-0.15, -0.1) is 0 Å². The summed E-state index contributed by atoms with van der Waals surface area (Å²) < 4.78 is 5.12. The molecule has 0 radical (unpaired) electrons. The maximum Gasteiger partial charge on any atom is 0.331 e. The van der Waals surface area contributed by atoms with E-state index >= 15 is 0 Å². The van der Waals surface area contributed by atoms with E-state index in [0.717, 1.165) is 6.08 Å². The fourth-order valence-electron chi connectivity index (χ4n) is 2.90. The number of Topliss-reactive ketones (excluding diaryl/α,β-unsaturated/α-hetero) is 2. The van der Waals surface area contributed by atoms with Crippen molar-refractivity contribution in [2.24, 2.45) is 0 Å². The van der Waals surface area contributed by atoms with Crippen molar-refractivity contribution in [2.75, 3.05) is 0 Å². The van der Waals surface area contributed by atoms with Crippen molar-refractivity contribution in [3.8, 4) is 0 Å². The highest BCUT2D eigenvalue weighted by molar-refractivity contribution is 6.05. The van der Waals surface area contributed by atoms with Crippen molar-refractivity contribution in [2.45, 2.75) is 33.8 Å². The Kier molecular flexibility index (Phi) is 6.25. The van der Waals surface area contributed by atoms with E-state index in [0.29, 0.717) is 22.4 Å². The lowest BCUT2D eigenvalue weighted by atomic mass is 10.0. The number of nitro groups is 1. The molecule has 8 nitrogen and oxygen atoms in total. The number of rotatable bonds is 7. The second-order valence-corrected chi connectivity index (χ2v) is 6.31. The summed E-state index contributed by atoms with van der Waals surface area (Å²) in [7, 11) is 0. The zero-order chi connectivity index (χ0) is 21.0. The highest BCUT2D eigenvalue weighted by atomic mass is 16.6. The van der Waals surface area contributed by atoms with Crippen LogP contribution in [0.5, 0.6) is 0 Å². The monoisotopic (exact) mass is 384 g/mol. The summed E-state index contributed by atoms with van der Waals surface area (Å²) in [5, 5.41) is 10.8. The van der Waals surface area contributed by atoms with Crippen molar-refractivity contribution >= 4 is 29.3 Å². The zero-order valence-corrected chi connectivity index (χ0v) is 15.9. The van der Waals surface area contributed by atoms with Gasteiger partial charge in [0.15, 0.2) is 11.9 Å². The molecule has 146 valence electrons. The van der Waals surface area contributed by atoms with E-state index in [2.05, 4.69) is 4.98 Å². The third-order valence-corrected chi connectivity index (χ3v) is 4.19. The molecular formula is C20H20N2O6. The molecule has 0 aliphatic heterocycles. The fourth-order valence-corrected chi connectivity index (χ4v) is 2.90. The first-order valence-electron chi connectivity index (χ1n) is 8.49. The number of nitro benzene ring substituents is 1. The number of aryl methyl sites for hydroxylation is 1. The van der Waals surface area contributed by atoms with E-state index in [1.54, 1.807) is 19.9 Å². The molecule has 0 spiro atoms. The fraction of sp³-hybridized carbons (Fsp3) is 0.250. The Balaban J connectivity index is 2.09. The van der Waals surface area contributed by atoms with Crippen LogP contribution in [0.2, 0.25) is 0 Å². The predicted octanol–water partition coefficient (Wildman–Crippen LogP) is 3.57. The molecule has 0 amide bonds. The van der Waals surface area contributed by atoms with Gasteiger partial charge in [-0.05, 0) is 44.9 Å². The van der Waals surface area contributed by atoms with Crippen molar-refractivity contribution in [3.63, 3.8) is 0 Å². The summed E-state index contributed by atoms with van der Waals surface area (Å²) in [4.78, 5) is 49.4. The number of hydrogen-bond donors (Lipinski definition) is 1. The molecule has 1 aromatic carbocycles. The normalized spacial score (nSPS) is 12.0. The average molecular weight is 384 g/mol. The van der Waals surface area contributed by atoms with Gasteiger partial charge >= 0.3 is 5.97 Å². The molecule has 0 bridgehead atoms. The highest BCUT2D eigenvalue weighted by Crippen LogP contribution is 2.20. The standard InChI is InChI=1S/C20H20N2O6/c1-11-18(13(3)23)12(2)21-19(11)20(25)14(4)28-17(24)9-8-15-6-5-7-16(10-15)22(26)27/h5-10,14,21H,1-4H3/b9-8+/t14-/m1/s1. The highest BCUT2D eigenvalue weighted by Gasteiger charge is 2.25. The van der Waals surface area contributed by atoms with Gasteiger partial charge in [0.1, 0.15) is 0 Å². The third-order valence-electron chi connectivity index (χ3n) is 4.19. The molecule has 0 aliphatic rings. The van der Waals surface area contributed by atoms with Crippen molar-refractivity contribution in [1.82, 2.24) is 4.98 Å². The molecule has 0 saturated heterocycles. The summed E-state index contributed by atoms with van der Waals surface area (Å²) in [6.45, 7) is 6.20. The molecule has 1 atom stereocenters. The van der Waals surface area contributed by atoms with Gasteiger partial charge in [-0.1, -0.05) is 12.1 Å². The number of nitrogens with zero attached hydrogens (tertiary/aromatic N) is 1. The summed E-state index contributed by atoms with van der Waals surface area (Å²) in [5.74, 6) is -1.37. The number of aromatic nitrogens is 1. The van der Waals surface area contributed by atoms with E-state index in [9.17, 15) is 24.5 Å². The number of ketones is 2. The number of esters is 1. The van der Waals surface area contributed by atoms with Gasteiger partial charge in [0.25, 0.3) is 5.69 Å². The molecule has 8 heteroatoms. The second-order valence-electron chi connectivity index (χ2n) is 6.31. The topological polar surface area (TPSA) is 119 Å². The number of non-ortho nitro benzene ring substituents is 1. The third kappa shape index (κ3) is 4.59. The molecule has 0 unspecified atom stereocenters. The van der Waals surface area contributed by atoms with Crippen LogP contribution < -0.4 is 0 Å². The number of aromatic amines is 1. The Hall–Kier alpha value is -3.55. The quantitative estimate of drug-likeness (QED) is 0.256. The molecule has 2 aromatic rings. The first-order valence-corrected chi connectivity index (χ1v) is 8.49. The van der Waals surface area contributed by atoms with Crippen LogP contribution in [0.1, 0.15) is 51.5 Å². The maximum absolute atomic E-state index is 12.6. The van der Waals surface area contributed by atoms with Crippen molar-refractivity contribution < 1.29 is 24.0 Å². The first-order chi connectivity index (χ1) is 13.1. The van der Waals surface area contributed by atoms with Gasteiger partial charge < -0.3 is 9.72 Å². The SMILES string of the molecule is CC(=O)c1c(C)[nH]c(C(=O)[C@@H](C)OC(=O)/C=C/c2cccc([N+](=O)[O-])c2)c1C. The Morgan fingerprint density at radius 1 is 1.25 bits per heavy atom. The lowest BCUT2D eigenvalue weighted by Crippen LogP contribution is -2.24. The van der Waals surface area contributed by atoms with Crippen LogP contribution in [0.3, 0.4) is 0 Å². The molecule has 1 heterocycles. The first kappa shape index (κ1) is 20.8. The largest absolute Gasteiger partial charge is 0.451 e. The number of hydrogen-bond acceptors (Lipinski definition) is 6. The van der Waals surface area contributed by atoms with Gasteiger partial charge in [0.05, 0.1) is 10.6 Å². The Labute approximate surface area is 161 Å². The summed E-state index contributed by atoms with van der Waals surface area (Å²) in [5.41, 5.74) is 2.13. The minimum Gasteiger partial charge on any atom is -0.451 e. The van der Waals surface area contributed by atoms with Crippen LogP contribution in [0.4, 0.5) is 5.69 Å².